The van der Waals surface area contributed by atoms with E-state index in [2.05, 4.69) is 42.3 Å². The van der Waals surface area contributed by atoms with Crippen molar-refractivity contribution in [2.24, 2.45) is 0 Å². The Bertz CT molecular complexity index is 370. The summed E-state index contributed by atoms with van der Waals surface area (Å²) in [6.45, 7) is 9.74. The second-order valence-corrected chi connectivity index (χ2v) is 4.80. The van der Waals surface area contributed by atoms with Crippen molar-refractivity contribution in [3.05, 3.63) is 29.6 Å². The third-order valence-corrected chi connectivity index (χ3v) is 3.29. The third kappa shape index (κ3) is 3.77. The second-order valence-electron chi connectivity index (χ2n) is 4.80. The first-order valence-electron chi connectivity index (χ1n) is 6.77. The summed E-state index contributed by atoms with van der Waals surface area (Å²) < 4.78 is 5.45. The molecule has 1 aromatic heterocycles. The van der Waals surface area contributed by atoms with Crippen LogP contribution in [-0.2, 0) is 17.8 Å². The number of nitrogens with zero attached hydrogens (tertiary/aromatic N) is 2. The molecule has 1 saturated heterocycles. The van der Waals surface area contributed by atoms with Gasteiger partial charge in [-0.1, -0.05) is 13.0 Å². The van der Waals surface area contributed by atoms with Crippen molar-refractivity contribution in [1.82, 2.24) is 15.2 Å². The number of hydrogen-bond acceptors (Lipinski definition) is 4. The maximum atomic E-state index is 5.45. The average Bonchev–Trinajstić information content (AvgIpc) is 2.40. The minimum Gasteiger partial charge on any atom is -0.379 e. The molecule has 0 saturated carbocycles. The number of pyridine rings is 1. The summed E-state index contributed by atoms with van der Waals surface area (Å²) in [4.78, 5) is 7.13. The first-order chi connectivity index (χ1) is 8.79. The van der Waals surface area contributed by atoms with Crippen LogP contribution in [0.2, 0.25) is 0 Å². The van der Waals surface area contributed by atoms with Crippen LogP contribution in [-0.4, -0.2) is 42.2 Å². The summed E-state index contributed by atoms with van der Waals surface area (Å²) in [6, 6.07) is 6.77. The molecule has 0 spiro atoms. The Kier molecular flexibility index (Phi) is 5.11. The molecule has 1 N–H and O–H groups in total. The van der Waals surface area contributed by atoms with E-state index in [9.17, 15) is 0 Å². The molecule has 0 aromatic carbocycles. The van der Waals surface area contributed by atoms with Crippen LogP contribution < -0.4 is 5.32 Å². The lowest BCUT2D eigenvalue weighted by atomic mass is 10.2. The average molecular weight is 249 g/mol. The van der Waals surface area contributed by atoms with Crippen molar-refractivity contribution in [2.75, 3.05) is 26.3 Å². The number of nitrogens with one attached hydrogen (secondary N) is 1. The lowest BCUT2D eigenvalue weighted by molar-refractivity contribution is -0.00492. The molecule has 4 nitrogen and oxygen atoms in total. The Morgan fingerprint density at radius 2 is 2.28 bits per heavy atom. The van der Waals surface area contributed by atoms with Crippen LogP contribution in [0.3, 0.4) is 0 Å². The zero-order valence-corrected chi connectivity index (χ0v) is 11.4. The molecule has 2 rings (SSSR count). The highest BCUT2D eigenvalue weighted by molar-refractivity contribution is 5.11. The SMILES string of the molecule is CCNCc1cccc(CN2CCOCC2C)n1. The minimum absolute atomic E-state index is 0.484. The van der Waals surface area contributed by atoms with Gasteiger partial charge in [0.1, 0.15) is 0 Å². The number of aromatic nitrogens is 1. The Labute approximate surface area is 109 Å². The molecule has 1 aromatic rings. The van der Waals surface area contributed by atoms with Gasteiger partial charge in [-0.2, -0.15) is 0 Å². The van der Waals surface area contributed by atoms with E-state index in [1.165, 1.54) is 0 Å². The molecular weight excluding hydrogens is 226 g/mol. The monoisotopic (exact) mass is 249 g/mol. The molecule has 0 amide bonds. The van der Waals surface area contributed by atoms with Crippen molar-refractivity contribution < 1.29 is 4.74 Å². The highest BCUT2D eigenvalue weighted by Gasteiger charge is 2.19. The van der Waals surface area contributed by atoms with Gasteiger partial charge in [0, 0.05) is 25.7 Å². The normalized spacial score (nSPS) is 21.1. The fourth-order valence-corrected chi connectivity index (χ4v) is 2.17. The Morgan fingerprint density at radius 3 is 3.06 bits per heavy atom. The van der Waals surface area contributed by atoms with Crippen LogP contribution >= 0.6 is 0 Å². The van der Waals surface area contributed by atoms with Crippen LogP contribution in [0.25, 0.3) is 0 Å². The molecule has 0 radical (unpaired) electrons. The van der Waals surface area contributed by atoms with E-state index < -0.39 is 0 Å². The molecule has 0 bridgehead atoms. The van der Waals surface area contributed by atoms with E-state index >= 15 is 0 Å². The van der Waals surface area contributed by atoms with Gasteiger partial charge in [-0.05, 0) is 25.6 Å². The maximum absolute atomic E-state index is 5.45. The quantitative estimate of drug-likeness (QED) is 0.856. The van der Waals surface area contributed by atoms with Crippen LogP contribution in [0, 0.1) is 0 Å². The van der Waals surface area contributed by atoms with Crippen molar-refractivity contribution in [3.63, 3.8) is 0 Å². The minimum atomic E-state index is 0.484. The molecule has 18 heavy (non-hydrogen) atoms. The Hall–Kier alpha value is -0.970. The predicted molar refractivity (Wildman–Crippen MR) is 72.3 cm³/mol. The summed E-state index contributed by atoms with van der Waals surface area (Å²) >= 11 is 0. The van der Waals surface area contributed by atoms with E-state index in [1.807, 2.05) is 0 Å². The summed E-state index contributed by atoms with van der Waals surface area (Å²) in [5, 5.41) is 3.31. The Morgan fingerprint density at radius 1 is 1.44 bits per heavy atom. The molecule has 1 atom stereocenters. The maximum Gasteiger partial charge on any atom is 0.0619 e. The van der Waals surface area contributed by atoms with Crippen LogP contribution in [0.4, 0.5) is 0 Å². The standard InChI is InChI=1S/C14H23N3O/c1-3-15-9-13-5-4-6-14(16-13)10-17-7-8-18-11-12(17)2/h4-6,12,15H,3,7-11H2,1-2H3. The van der Waals surface area contributed by atoms with Crippen LogP contribution in [0.15, 0.2) is 18.2 Å². The zero-order chi connectivity index (χ0) is 12.8. The molecule has 1 aliphatic rings. The largest absolute Gasteiger partial charge is 0.379 e. The van der Waals surface area contributed by atoms with Gasteiger partial charge in [0.05, 0.1) is 24.6 Å². The summed E-state index contributed by atoms with van der Waals surface area (Å²) in [5.74, 6) is 0. The van der Waals surface area contributed by atoms with E-state index in [0.29, 0.717) is 6.04 Å². The highest BCUT2D eigenvalue weighted by Crippen LogP contribution is 2.11. The topological polar surface area (TPSA) is 37.4 Å². The fraction of sp³-hybridized carbons (Fsp3) is 0.643. The van der Waals surface area contributed by atoms with Crippen molar-refractivity contribution >= 4 is 0 Å². The molecule has 4 heteroatoms. The highest BCUT2D eigenvalue weighted by atomic mass is 16.5. The Balaban J connectivity index is 1.95. The summed E-state index contributed by atoms with van der Waals surface area (Å²) in [5.41, 5.74) is 2.27. The summed E-state index contributed by atoms with van der Waals surface area (Å²) in [6.07, 6.45) is 0. The van der Waals surface area contributed by atoms with E-state index in [1.54, 1.807) is 0 Å². The van der Waals surface area contributed by atoms with Gasteiger partial charge in [-0.3, -0.25) is 9.88 Å². The third-order valence-electron chi connectivity index (χ3n) is 3.29. The van der Waals surface area contributed by atoms with Crippen LogP contribution in [0.5, 0.6) is 0 Å². The smallest absolute Gasteiger partial charge is 0.0619 e. The van der Waals surface area contributed by atoms with Crippen molar-refractivity contribution in [3.8, 4) is 0 Å². The van der Waals surface area contributed by atoms with E-state index in [-0.39, 0.29) is 0 Å². The summed E-state index contributed by atoms with van der Waals surface area (Å²) in [7, 11) is 0. The van der Waals surface area contributed by atoms with Gasteiger partial charge >= 0.3 is 0 Å². The molecule has 1 unspecified atom stereocenters. The number of rotatable bonds is 5. The fourth-order valence-electron chi connectivity index (χ4n) is 2.17. The molecule has 100 valence electrons. The van der Waals surface area contributed by atoms with E-state index in [4.69, 9.17) is 9.72 Å². The second kappa shape index (κ2) is 6.83. The zero-order valence-electron chi connectivity index (χ0n) is 11.4. The predicted octanol–water partition coefficient (Wildman–Crippen LogP) is 1.41. The molecule has 2 heterocycles. The van der Waals surface area contributed by atoms with Gasteiger partial charge in [-0.15, -0.1) is 0 Å². The molecular formula is C14H23N3O. The lowest BCUT2D eigenvalue weighted by Crippen LogP contribution is -2.43. The van der Waals surface area contributed by atoms with Crippen LogP contribution in [0.1, 0.15) is 25.2 Å². The van der Waals surface area contributed by atoms with Gasteiger partial charge < -0.3 is 10.1 Å². The first-order valence-corrected chi connectivity index (χ1v) is 6.77. The molecule has 0 aliphatic carbocycles. The van der Waals surface area contributed by atoms with Gasteiger partial charge in [0.25, 0.3) is 0 Å². The first kappa shape index (κ1) is 13.5. The van der Waals surface area contributed by atoms with Crippen molar-refractivity contribution in [1.29, 1.82) is 0 Å². The number of hydrogen-bond donors (Lipinski definition) is 1. The lowest BCUT2D eigenvalue weighted by Gasteiger charge is -2.32. The number of ether oxygens (including phenoxy) is 1. The van der Waals surface area contributed by atoms with Gasteiger partial charge in [0.2, 0.25) is 0 Å². The van der Waals surface area contributed by atoms with E-state index in [0.717, 1.165) is 50.8 Å². The van der Waals surface area contributed by atoms with Gasteiger partial charge in [-0.25, -0.2) is 0 Å². The molecule has 1 fully saturated rings. The van der Waals surface area contributed by atoms with Gasteiger partial charge in [0.15, 0.2) is 0 Å². The number of morpholine rings is 1. The molecule has 1 aliphatic heterocycles. The van der Waals surface area contributed by atoms with Crippen molar-refractivity contribution in [2.45, 2.75) is 33.0 Å².